The van der Waals surface area contributed by atoms with Crippen molar-refractivity contribution in [2.45, 2.75) is 12.1 Å². The number of nitrogens with two attached hydrogens (primary N) is 1. The highest BCUT2D eigenvalue weighted by atomic mass is 16.3. The molecule has 1 aromatic rings. The van der Waals surface area contributed by atoms with Gasteiger partial charge in [0.2, 0.25) is 0 Å². The van der Waals surface area contributed by atoms with Crippen LogP contribution in [0.3, 0.4) is 0 Å². The molecule has 0 aliphatic rings. The number of aromatic nitrogens is 1. The summed E-state index contributed by atoms with van der Waals surface area (Å²) in [4.78, 5) is 3.91. The first-order chi connectivity index (χ1) is 6.29. The highest BCUT2D eigenvalue weighted by Gasteiger charge is 2.16. The Kier molecular flexibility index (Phi) is 3.82. The topological polar surface area (TPSA) is 71.2 Å². The largest absolute Gasteiger partial charge is 0.390 e. The zero-order valence-electron chi connectivity index (χ0n) is 7.64. The summed E-state index contributed by atoms with van der Waals surface area (Å²) in [5.41, 5.74) is 6.38. The van der Waals surface area contributed by atoms with Crippen LogP contribution in [0.25, 0.3) is 0 Å². The van der Waals surface area contributed by atoms with Gasteiger partial charge >= 0.3 is 0 Å². The quantitative estimate of drug-likeness (QED) is 0.594. The number of aliphatic hydroxyl groups is 1. The number of rotatable bonds is 4. The van der Waals surface area contributed by atoms with Gasteiger partial charge in [0.1, 0.15) is 0 Å². The predicted molar refractivity (Wildman–Crippen MR) is 51.1 cm³/mol. The number of nitrogens with one attached hydrogen (secondary N) is 1. The molecule has 0 saturated heterocycles. The van der Waals surface area contributed by atoms with Gasteiger partial charge in [-0.05, 0) is 24.7 Å². The van der Waals surface area contributed by atoms with E-state index >= 15 is 0 Å². The fourth-order valence-corrected chi connectivity index (χ4v) is 1.29. The second-order valence-corrected chi connectivity index (χ2v) is 2.85. The molecule has 0 radical (unpaired) electrons. The van der Waals surface area contributed by atoms with E-state index in [4.69, 9.17) is 5.73 Å². The number of hydrogen-bond donors (Lipinski definition) is 3. The monoisotopic (exact) mass is 181 g/mol. The Hall–Kier alpha value is -0.970. The van der Waals surface area contributed by atoms with E-state index in [-0.39, 0.29) is 12.6 Å². The van der Waals surface area contributed by atoms with Crippen LogP contribution in [-0.2, 0) is 0 Å². The maximum absolute atomic E-state index is 9.56. The fraction of sp³-hybridized carbons (Fsp3) is 0.444. The van der Waals surface area contributed by atoms with Crippen LogP contribution in [0.1, 0.15) is 11.6 Å². The van der Waals surface area contributed by atoms with E-state index in [0.717, 1.165) is 5.56 Å². The van der Waals surface area contributed by atoms with Crippen molar-refractivity contribution in [3.8, 4) is 0 Å². The third-order valence-corrected chi connectivity index (χ3v) is 2.00. The molecule has 0 aliphatic carbocycles. The van der Waals surface area contributed by atoms with Gasteiger partial charge in [-0.25, -0.2) is 0 Å². The molecule has 4 N–H and O–H groups in total. The first-order valence-electron chi connectivity index (χ1n) is 4.25. The minimum Gasteiger partial charge on any atom is -0.390 e. The van der Waals surface area contributed by atoms with E-state index in [1.54, 1.807) is 19.4 Å². The number of hydrogen-bond acceptors (Lipinski definition) is 4. The van der Waals surface area contributed by atoms with Gasteiger partial charge in [-0.3, -0.25) is 4.98 Å². The van der Waals surface area contributed by atoms with Crippen LogP contribution in [-0.4, -0.2) is 29.8 Å². The van der Waals surface area contributed by atoms with E-state index in [9.17, 15) is 5.11 Å². The molecule has 0 saturated carbocycles. The van der Waals surface area contributed by atoms with E-state index in [0.29, 0.717) is 0 Å². The molecule has 1 rings (SSSR count). The Bertz CT molecular complexity index is 240. The summed E-state index contributed by atoms with van der Waals surface area (Å²) in [6, 6.07) is 3.60. The smallest absolute Gasteiger partial charge is 0.0856 e. The molecule has 0 fully saturated rings. The van der Waals surface area contributed by atoms with E-state index < -0.39 is 6.10 Å². The van der Waals surface area contributed by atoms with Gasteiger partial charge in [-0.1, -0.05) is 0 Å². The lowest BCUT2D eigenvalue weighted by atomic mass is 10.0. The molecular formula is C9H15N3O. The second-order valence-electron chi connectivity index (χ2n) is 2.85. The van der Waals surface area contributed by atoms with E-state index in [1.807, 2.05) is 12.1 Å². The van der Waals surface area contributed by atoms with Crippen molar-refractivity contribution < 1.29 is 5.11 Å². The van der Waals surface area contributed by atoms with Crippen molar-refractivity contribution in [1.29, 1.82) is 0 Å². The minimum absolute atomic E-state index is 0.118. The van der Waals surface area contributed by atoms with Crippen LogP contribution >= 0.6 is 0 Å². The molecule has 4 heteroatoms. The van der Waals surface area contributed by atoms with E-state index in [1.165, 1.54) is 0 Å². The van der Waals surface area contributed by atoms with Crippen LogP contribution in [0, 0.1) is 0 Å². The standard InChI is InChI=1S/C9H15N3O/c1-11-9(8(13)6-10)7-2-4-12-5-3-7/h2-5,8-9,11,13H,6,10H2,1H3. The Balaban J connectivity index is 2.78. The van der Waals surface area contributed by atoms with Gasteiger partial charge in [-0.2, -0.15) is 0 Å². The summed E-state index contributed by atoms with van der Waals surface area (Å²) in [7, 11) is 1.80. The maximum Gasteiger partial charge on any atom is 0.0856 e. The molecular weight excluding hydrogens is 166 g/mol. The number of nitrogens with zero attached hydrogens (tertiary/aromatic N) is 1. The third kappa shape index (κ3) is 2.48. The molecule has 1 aromatic heterocycles. The number of likely N-dealkylation sites (N-methyl/N-ethyl adjacent to an activating group) is 1. The van der Waals surface area contributed by atoms with E-state index in [2.05, 4.69) is 10.3 Å². The van der Waals surface area contributed by atoms with Gasteiger partial charge < -0.3 is 16.2 Å². The molecule has 1 heterocycles. The molecule has 13 heavy (non-hydrogen) atoms. The third-order valence-electron chi connectivity index (χ3n) is 2.00. The number of aliphatic hydroxyl groups excluding tert-OH is 1. The summed E-state index contributed by atoms with van der Waals surface area (Å²) in [5.74, 6) is 0. The lowest BCUT2D eigenvalue weighted by Gasteiger charge is -2.21. The van der Waals surface area contributed by atoms with Gasteiger partial charge in [-0.15, -0.1) is 0 Å². The van der Waals surface area contributed by atoms with Gasteiger partial charge in [0.25, 0.3) is 0 Å². The summed E-state index contributed by atoms with van der Waals surface area (Å²) >= 11 is 0. The lowest BCUT2D eigenvalue weighted by molar-refractivity contribution is 0.139. The molecule has 0 spiro atoms. The second kappa shape index (κ2) is 4.91. The maximum atomic E-state index is 9.56. The molecule has 0 aromatic carbocycles. The number of pyridine rings is 1. The lowest BCUT2D eigenvalue weighted by Crippen LogP contribution is -2.34. The Morgan fingerprint density at radius 1 is 1.54 bits per heavy atom. The predicted octanol–water partition coefficient (Wildman–Crippen LogP) is -0.338. The van der Waals surface area contributed by atoms with Crippen LogP contribution in [0.15, 0.2) is 24.5 Å². The van der Waals surface area contributed by atoms with Crippen LogP contribution in [0.2, 0.25) is 0 Å². The van der Waals surface area contributed by atoms with Crippen molar-refractivity contribution in [2.24, 2.45) is 5.73 Å². The van der Waals surface area contributed by atoms with Gasteiger partial charge in [0.15, 0.2) is 0 Å². The van der Waals surface area contributed by atoms with Crippen LogP contribution < -0.4 is 11.1 Å². The SMILES string of the molecule is CNC(c1ccncc1)C(O)CN. The highest BCUT2D eigenvalue weighted by molar-refractivity contribution is 5.16. The van der Waals surface area contributed by atoms with Crippen molar-refractivity contribution >= 4 is 0 Å². The Labute approximate surface area is 77.8 Å². The van der Waals surface area contributed by atoms with Crippen molar-refractivity contribution in [2.75, 3.05) is 13.6 Å². The van der Waals surface area contributed by atoms with Gasteiger partial charge in [0, 0.05) is 18.9 Å². The zero-order valence-corrected chi connectivity index (χ0v) is 7.64. The summed E-state index contributed by atoms with van der Waals surface area (Å²) < 4.78 is 0. The molecule has 0 bridgehead atoms. The first kappa shape index (κ1) is 10.1. The Morgan fingerprint density at radius 3 is 2.62 bits per heavy atom. The molecule has 0 aliphatic heterocycles. The molecule has 2 atom stereocenters. The first-order valence-corrected chi connectivity index (χ1v) is 4.25. The summed E-state index contributed by atoms with van der Waals surface area (Å²) in [6.45, 7) is 0.244. The molecule has 0 amide bonds. The molecule has 2 unspecified atom stereocenters. The van der Waals surface area contributed by atoms with Crippen LogP contribution in [0.4, 0.5) is 0 Å². The average molecular weight is 181 g/mol. The van der Waals surface area contributed by atoms with Crippen molar-refractivity contribution in [1.82, 2.24) is 10.3 Å². The molecule has 4 nitrogen and oxygen atoms in total. The summed E-state index contributed by atoms with van der Waals surface area (Å²) in [6.07, 6.45) is 2.83. The minimum atomic E-state index is -0.563. The normalized spacial score (nSPS) is 15.3. The summed E-state index contributed by atoms with van der Waals surface area (Å²) in [5, 5.41) is 12.6. The zero-order chi connectivity index (χ0) is 9.68. The van der Waals surface area contributed by atoms with Crippen LogP contribution in [0.5, 0.6) is 0 Å². The Morgan fingerprint density at radius 2 is 2.15 bits per heavy atom. The highest BCUT2D eigenvalue weighted by Crippen LogP contribution is 2.14. The van der Waals surface area contributed by atoms with Gasteiger partial charge in [0.05, 0.1) is 12.1 Å². The average Bonchev–Trinajstić information content (AvgIpc) is 2.20. The van der Waals surface area contributed by atoms with Crippen molar-refractivity contribution in [3.05, 3.63) is 30.1 Å². The van der Waals surface area contributed by atoms with Crippen molar-refractivity contribution in [3.63, 3.8) is 0 Å². The fourth-order valence-electron chi connectivity index (χ4n) is 1.29. The molecule has 72 valence electrons.